The third-order valence-corrected chi connectivity index (χ3v) is 4.91. The lowest BCUT2D eigenvalue weighted by Crippen LogP contribution is -2.49. The van der Waals surface area contributed by atoms with Crippen LogP contribution in [-0.4, -0.2) is 68.7 Å². The maximum absolute atomic E-state index is 13.0. The van der Waals surface area contributed by atoms with E-state index in [1.165, 1.54) is 12.1 Å². The summed E-state index contributed by atoms with van der Waals surface area (Å²) in [6.07, 6.45) is -0.534. The van der Waals surface area contributed by atoms with E-state index < -0.39 is 6.10 Å². The number of nitrogens with zero attached hydrogens (tertiary/aromatic N) is 2. The molecule has 0 amide bonds. The van der Waals surface area contributed by atoms with E-state index >= 15 is 0 Å². The summed E-state index contributed by atoms with van der Waals surface area (Å²) in [7, 11) is 0. The Morgan fingerprint density at radius 1 is 0.964 bits per heavy atom. The Bertz CT molecular complexity index is 707. The standard InChI is InChI=1S/C21H26ClFN2O3/c22-17-1-7-21(8-2-17)28-14-13-27-16-20(26)15-24-9-11-25(12-10-24)19-5-3-18(23)4-6-19/h1-8,20,26H,9-16H2/t20-/m0/s1. The fourth-order valence-electron chi connectivity index (χ4n) is 3.16. The van der Waals surface area contributed by atoms with Crippen LogP contribution in [0.25, 0.3) is 0 Å². The third-order valence-electron chi connectivity index (χ3n) is 4.65. The monoisotopic (exact) mass is 408 g/mol. The zero-order valence-corrected chi connectivity index (χ0v) is 16.5. The van der Waals surface area contributed by atoms with E-state index in [1.54, 1.807) is 24.3 Å². The van der Waals surface area contributed by atoms with Gasteiger partial charge in [-0.2, -0.15) is 0 Å². The fraction of sp³-hybridized carbons (Fsp3) is 0.429. The fourth-order valence-corrected chi connectivity index (χ4v) is 3.29. The molecule has 0 spiro atoms. The normalized spacial score (nSPS) is 16.2. The molecule has 3 rings (SSSR count). The second-order valence-corrected chi connectivity index (χ2v) is 7.23. The Labute approximate surface area is 170 Å². The van der Waals surface area contributed by atoms with Crippen LogP contribution in [0.5, 0.6) is 5.75 Å². The quantitative estimate of drug-likeness (QED) is 0.646. The first-order valence-electron chi connectivity index (χ1n) is 9.47. The molecule has 2 aromatic carbocycles. The van der Waals surface area contributed by atoms with Gasteiger partial charge in [0.15, 0.2) is 0 Å². The molecule has 0 radical (unpaired) electrons. The van der Waals surface area contributed by atoms with Gasteiger partial charge in [-0.15, -0.1) is 0 Å². The van der Waals surface area contributed by atoms with E-state index in [0.717, 1.165) is 37.6 Å². The summed E-state index contributed by atoms with van der Waals surface area (Å²) in [5, 5.41) is 10.9. The molecule has 1 atom stereocenters. The molecule has 152 valence electrons. The first-order valence-corrected chi connectivity index (χ1v) is 9.85. The molecule has 0 saturated carbocycles. The lowest BCUT2D eigenvalue weighted by molar-refractivity contribution is 0.00718. The summed E-state index contributed by atoms with van der Waals surface area (Å²) in [6.45, 7) is 5.12. The smallest absolute Gasteiger partial charge is 0.123 e. The van der Waals surface area contributed by atoms with Crippen LogP contribution < -0.4 is 9.64 Å². The maximum atomic E-state index is 13.0. The summed E-state index contributed by atoms with van der Waals surface area (Å²) in [6, 6.07) is 13.7. The number of benzene rings is 2. The lowest BCUT2D eigenvalue weighted by Gasteiger charge is -2.36. The molecule has 1 fully saturated rings. The number of aliphatic hydroxyl groups excluding tert-OH is 1. The zero-order chi connectivity index (χ0) is 19.8. The number of aliphatic hydroxyl groups is 1. The van der Waals surface area contributed by atoms with Crippen molar-refractivity contribution >= 4 is 17.3 Å². The maximum Gasteiger partial charge on any atom is 0.123 e. The van der Waals surface area contributed by atoms with Gasteiger partial charge >= 0.3 is 0 Å². The van der Waals surface area contributed by atoms with Crippen LogP contribution in [0.4, 0.5) is 10.1 Å². The van der Waals surface area contributed by atoms with E-state index in [9.17, 15) is 9.50 Å². The van der Waals surface area contributed by atoms with Crippen LogP contribution in [0, 0.1) is 5.82 Å². The number of piperazine rings is 1. The van der Waals surface area contributed by atoms with Gasteiger partial charge in [-0.05, 0) is 48.5 Å². The molecule has 1 heterocycles. The number of rotatable bonds is 9. The highest BCUT2D eigenvalue weighted by atomic mass is 35.5. The highest BCUT2D eigenvalue weighted by Gasteiger charge is 2.19. The molecule has 1 N–H and O–H groups in total. The summed E-state index contributed by atoms with van der Waals surface area (Å²) in [4.78, 5) is 4.45. The average molecular weight is 409 g/mol. The van der Waals surface area contributed by atoms with Crippen LogP contribution >= 0.6 is 11.6 Å². The SMILES string of the molecule is O[C@H](COCCOc1ccc(Cl)cc1)CN1CCN(c2ccc(F)cc2)CC1. The predicted octanol–water partition coefficient (Wildman–Crippen LogP) is 3.06. The highest BCUT2D eigenvalue weighted by Crippen LogP contribution is 2.17. The van der Waals surface area contributed by atoms with Gasteiger partial charge in [0.25, 0.3) is 0 Å². The third kappa shape index (κ3) is 6.63. The van der Waals surface area contributed by atoms with Crippen molar-refractivity contribution in [2.45, 2.75) is 6.10 Å². The van der Waals surface area contributed by atoms with E-state index in [0.29, 0.717) is 24.8 Å². The van der Waals surface area contributed by atoms with Crippen molar-refractivity contribution in [3.05, 3.63) is 59.4 Å². The molecule has 2 aromatic rings. The van der Waals surface area contributed by atoms with Gasteiger partial charge in [0.05, 0.1) is 19.3 Å². The van der Waals surface area contributed by atoms with Crippen LogP contribution in [-0.2, 0) is 4.74 Å². The van der Waals surface area contributed by atoms with Crippen molar-refractivity contribution in [2.24, 2.45) is 0 Å². The van der Waals surface area contributed by atoms with E-state index in [2.05, 4.69) is 9.80 Å². The van der Waals surface area contributed by atoms with Crippen molar-refractivity contribution in [3.63, 3.8) is 0 Å². The lowest BCUT2D eigenvalue weighted by atomic mass is 10.2. The molecular weight excluding hydrogens is 383 g/mol. The largest absolute Gasteiger partial charge is 0.491 e. The molecule has 0 aromatic heterocycles. The number of halogens is 2. The number of ether oxygens (including phenoxy) is 2. The summed E-state index contributed by atoms with van der Waals surface area (Å²) in [5.74, 6) is 0.525. The molecule has 0 unspecified atom stereocenters. The van der Waals surface area contributed by atoms with Gasteiger partial charge in [0.1, 0.15) is 18.2 Å². The summed E-state index contributed by atoms with van der Waals surface area (Å²) in [5.41, 5.74) is 1.03. The minimum atomic E-state index is -0.534. The Kier molecular flexibility index (Phi) is 7.91. The Morgan fingerprint density at radius 3 is 2.32 bits per heavy atom. The van der Waals surface area contributed by atoms with Crippen molar-refractivity contribution < 1.29 is 19.0 Å². The minimum Gasteiger partial charge on any atom is -0.491 e. The minimum absolute atomic E-state index is 0.218. The van der Waals surface area contributed by atoms with Gasteiger partial charge in [0, 0.05) is 43.4 Å². The molecule has 0 bridgehead atoms. The van der Waals surface area contributed by atoms with Gasteiger partial charge < -0.3 is 19.5 Å². The molecule has 5 nitrogen and oxygen atoms in total. The number of hydrogen-bond acceptors (Lipinski definition) is 5. The first-order chi connectivity index (χ1) is 13.6. The van der Waals surface area contributed by atoms with Gasteiger partial charge in [-0.3, -0.25) is 4.90 Å². The topological polar surface area (TPSA) is 45.2 Å². The van der Waals surface area contributed by atoms with Crippen LogP contribution in [0.15, 0.2) is 48.5 Å². The Morgan fingerprint density at radius 2 is 1.64 bits per heavy atom. The van der Waals surface area contributed by atoms with Crippen molar-refractivity contribution in [1.29, 1.82) is 0 Å². The highest BCUT2D eigenvalue weighted by molar-refractivity contribution is 6.30. The number of β-amino-alcohol motifs (C(OH)–C–C–N with tert-alkyl or cyclic N) is 1. The Hall–Kier alpha value is -1.86. The Balaban J connectivity index is 1.27. The zero-order valence-electron chi connectivity index (χ0n) is 15.8. The van der Waals surface area contributed by atoms with Crippen LogP contribution in [0.1, 0.15) is 0 Å². The van der Waals surface area contributed by atoms with Crippen molar-refractivity contribution in [2.75, 3.05) is 57.4 Å². The molecule has 1 aliphatic rings. The van der Waals surface area contributed by atoms with Crippen molar-refractivity contribution in [1.82, 2.24) is 4.90 Å². The molecule has 7 heteroatoms. The molecule has 1 aliphatic heterocycles. The van der Waals surface area contributed by atoms with Crippen LogP contribution in [0.2, 0.25) is 5.02 Å². The van der Waals surface area contributed by atoms with E-state index in [4.69, 9.17) is 21.1 Å². The van der Waals surface area contributed by atoms with Gasteiger partial charge in [0.2, 0.25) is 0 Å². The van der Waals surface area contributed by atoms with E-state index in [-0.39, 0.29) is 12.4 Å². The predicted molar refractivity (Wildman–Crippen MR) is 109 cm³/mol. The van der Waals surface area contributed by atoms with E-state index in [1.807, 2.05) is 12.1 Å². The van der Waals surface area contributed by atoms with Crippen LogP contribution in [0.3, 0.4) is 0 Å². The molecule has 1 saturated heterocycles. The van der Waals surface area contributed by atoms with Gasteiger partial charge in [-0.1, -0.05) is 11.6 Å². The number of hydrogen-bond donors (Lipinski definition) is 1. The average Bonchev–Trinajstić information content (AvgIpc) is 2.70. The summed E-state index contributed by atoms with van der Waals surface area (Å²) < 4.78 is 24.1. The van der Waals surface area contributed by atoms with Crippen molar-refractivity contribution in [3.8, 4) is 5.75 Å². The molecular formula is C21H26ClFN2O3. The molecule has 28 heavy (non-hydrogen) atoms. The number of anilines is 1. The second-order valence-electron chi connectivity index (χ2n) is 6.80. The summed E-state index contributed by atoms with van der Waals surface area (Å²) >= 11 is 5.83. The first kappa shape index (κ1) is 20.9. The molecule has 0 aliphatic carbocycles. The van der Waals surface area contributed by atoms with Gasteiger partial charge in [-0.25, -0.2) is 4.39 Å². The second kappa shape index (κ2) is 10.6.